The lowest BCUT2D eigenvalue weighted by Crippen LogP contribution is -2.29. The summed E-state index contributed by atoms with van der Waals surface area (Å²) in [4.78, 5) is 25.3. The molecular formula is C16H24N2O3. The minimum Gasteiger partial charge on any atom is -0.395 e. The summed E-state index contributed by atoms with van der Waals surface area (Å²) in [6, 6.07) is 5.18. The number of likely N-dealkylation sites (N-methyl/N-ethyl adjacent to an activating group) is 1. The molecule has 0 aliphatic heterocycles. The van der Waals surface area contributed by atoms with E-state index in [9.17, 15) is 9.59 Å². The second-order valence-electron chi connectivity index (χ2n) is 5.63. The quantitative estimate of drug-likeness (QED) is 0.843. The van der Waals surface area contributed by atoms with Crippen molar-refractivity contribution in [1.29, 1.82) is 0 Å². The topological polar surface area (TPSA) is 69.6 Å². The van der Waals surface area contributed by atoms with Gasteiger partial charge in [-0.25, -0.2) is 0 Å². The molecule has 2 amide bonds. The molecule has 21 heavy (non-hydrogen) atoms. The fraction of sp³-hybridized carbons (Fsp3) is 0.500. The number of rotatable bonds is 6. The normalized spacial score (nSPS) is 10.6. The number of nitrogens with one attached hydrogen (secondary N) is 1. The van der Waals surface area contributed by atoms with Crippen molar-refractivity contribution in [3.8, 4) is 0 Å². The van der Waals surface area contributed by atoms with Gasteiger partial charge in [-0.2, -0.15) is 0 Å². The van der Waals surface area contributed by atoms with Gasteiger partial charge in [-0.1, -0.05) is 13.8 Å². The maximum atomic E-state index is 12.1. The standard InChI is InChI=1S/C16H24N2O3/c1-11(2)9-15(20)17-14-6-5-13(10-12(14)3)16(21)18(4)7-8-19/h5-6,10-11,19H,7-9H2,1-4H3,(H,17,20). The molecule has 0 bridgehead atoms. The number of anilines is 1. The van der Waals surface area contributed by atoms with Gasteiger partial charge in [0.25, 0.3) is 5.91 Å². The molecule has 0 heterocycles. The van der Waals surface area contributed by atoms with E-state index in [1.165, 1.54) is 4.90 Å². The van der Waals surface area contributed by atoms with Gasteiger partial charge in [-0.05, 0) is 36.6 Å². The van der Waals surface area contributed by atoms with E-state index in [0.717, 1.165) is 11.3 Å². The van der Waals surface area contributed by atoms with Crippen LogP contribution in [-0.2, 0) is 4.79 Å². The molecule has 1 rings (SSSR count). The summed E-state index contributed by atoms with van der Waals surface area (Å²) in [5.41, 5.74) is 2.11. The van der Waals surface area contributed by atoms with E-state index in [0.29, 0.717) is 24.4 Å². The van der Waals surface area contributed by atoms with Crippen LogP contribution in [0.2, 0.25) is 0 Å². The first-order chi connectivity index (χ1) is 9.85. The molecule has 1 aromatic rings. The van der Waals surface area contributed by atoms with Crippen LogP contribution >= 0.6 is 0 Å². The minimum absolute atomic E-state index is 0.0235. The number of amides is 2. The highest BCUT2D eigenvalue weighted by atomic mass is 16.3. The molecule has 0 fully saturated rings. The third-order valence-corrected chi connectivity index (χ3v) is 3.12. The summed E-state index contributed by atoms with van der Waals surface area (Å²) in [5.74, 6) is 0.134. The Morgan fingerprint density at radius 1 is 1.33 bits per heavy atom. The molecule has 0 unspecified atom stereocenters. The van der Waals surface area contributed by atoms with Crippen LogP contribution in [0.3, 0.4) is 0 Å². The Labute approximate surface area is 126 Å². The first kappa shape index (κ1) is 17.2. The van der Waals surface area contributed by atoms with Crippen LogP contribution in [0.5, 0.6) is 0 Å². The average molecular weight is 292 g/mol. The summed E-state index contributed by atoms with van der Waals surface area (Å²) >= 11 is 0. The highest BCUT2D eigenvalue weighted by Crippen LogP contribution is 2.18. The van der Waals surface area contributed by atoms with Crippen molar-refractivity contribution < 1.29 is 14.7 Å². The maximum Gasteiger partial charge on any atom is 0.253 e. The van der Waals surface area contributed by atoms with Gasteiger partial charge in [0.2, 0.25) is 5.91 Å². The number of carbonyl (C=O) groups excluding carboxylic acids is 2. The smallest absolute Gasteiger partial charge is 0.253 e. The average Bonchev–Trinajstić information content (AvgIpc) is 2.39. The van der Waals surface area contributed by atoms with Gasteiger partial charge in [0.15, 0.2) is 0 Å². The number of aliphatic hydroxyl groups excluding tert-OH is 1. The molecule has 0 saturated carbocycles. The Balaban J connectivity index is 2.81. The Morgan fingerprint density at radius 3 is 2.52 bits per heavy atom. The number of aliphatic hydroxyl groups is 1. The predicted octanol–water partition coefficient (Wildman–Crippen LogP) is 2.04. The summed E-state index contributed by atoms with van der Waals surface area (Å²) in [7, 11) is 1.65. The number of nitrogens with zero attached hydrogens (tertiary/aromatic N) is 1. The largest absolute Gasteiger partial charge is 0.395 e. The van der Waals surface area contributed by atoms with Crippen molar-refractivity contribution >= 4 is 17.5 Å². The van der Waals surface area contributed by atoms with Crippen LogP contribution in [0.1, 0.15) is 36.2 Å². The Kier molecular flexibility index (Phi) is 6.37. The lowest BCUT2D eigenvalue weighted by Gasteiger charge is -2.17. The first-order valence-electron chi connectivity index (χ1n) is 7.12. The van der Waals surface area contributed by atoms with Gasteiger partial charge in [0.1, 0.15) is 0 Å². The first-order valence-corrected chi connectivity index (χ1v) is 7.12. The fourth-order valence-corrected chi connectivity index (χ4v) is 1.98. The number of benzene rings is 1. The highest BCUT2D eigenvalue weighted by Gasteiger charge is 2.13. The Hall–Kier alpha value is -1.88. The molecule has 1 aromatic carbocycles. The second kappa shape index (κ2) is 7.78. The lowest BCUT2D eigenvalue weighted by atomic mass is 10.1. The van der Waals surface area contributed by atoms with Crippen LogP contribution in [0, 0.1) is 12.8 Å². The molecule has 5 heteroatoms. The van der Waals surface area contributed by atoms with Gasteiger partial charge in [-0.15, -0.1) is 0 Å². The highest BCUT2D eigenvalue weighted by molar-refractivity contribution is 5.96. The molecule has 0 atom stereocenters. The van der Waals surface area contributed by atoms with E-state index in [4.69, 9.17) is 5.11 Å². The molecule has 0 aliphatic rings. The third-order valence-electron chi connectivity index (χ3n) is 3.12. The zero-order chi connectivity index (χ0) is 16.0. The van der Waals surface area contributed by atoms with Crippen molar-refractivity contribution in [3.63, 3.8) is 0 Å². The molecule has 0 aromatic heterocycles. The number of carbonyl (C=O) groups is 2. The summed E-state index contributed by atoms with van der Waals surface area (Å²) in [6.45, 7) is 6.07. The van der Waals surface area contributed by atoms with E-state index in [1.807, 2.05) is 20.8 Å². The zero-order valence-electron chi connectivity index (χ0n) is 13.1. The molecule has 2 N–H and O–H groups in total. The molecule has 0 saturated heterocycles. The zero-order valence-corrected chi connectivity index (χ0v) is 13.1. The Morgan fingerprint density at radius 2 is 2.00 bits per heavy atom. The van der Waals surface area contributed by atoms with E-state index >= 15 is 0 Å². The molecule has 116 valence electrons. The van der Waals surface area contributed by atoms with Crippen LogP contribution in [0.15, 0.2) is 18.2 Å². The molecule has 0 spiro atoms. The molecule has 0 radical (unpaired) electrons. The summed E-state index contributed by atoms with van der Waals surface area (Å²) < 4.78 is 0. The fourth-order valence-electron chi connectivity index (χ4n) is 1.98. The SMILES string of the molecule is Cc1cc(C(=O)N(C)CCO)ccc1NC(=O)CC(C)C. The molecular weight excluding hydrogens is 268 g/mol. The van der Waals surface area contributed by atoms with Crippen LogP contribution in [0.25, 0.3) is 0 Å². The van der Waals surface area contributed by atoms with E-state index in [2.05, 4.69) is 5.32 Å². The van der Waals surface area contributed by atoms with E-state index < -0.39 is 0 Å². The summed E-state index contributed by atoms with van der Waals surface area (Å²) in [5, 5.41) is 11.7. The van der Waals surface area contributed by atoms with Crippen LogP contribution < -0.4 is 5.32 Å². The van der Waals surface area contributed by atoms with Gasteiger partial charge in [0.05, 0.1) is 6.61 Å². The van der Waals surface area contributed by atoms with Crippen molar-refractivity contribution in [2.24, 2.45) is 5.92 Å². The van der Waals surface area contributed by atoms with Gasteiger partial charge in [-0.3, -0.25) is 9.59 Å². The number of aryl methyl sites for hydroxylation is 1. The maximum absolute atomic E-state index is 12.1. The van der Waals surface area contributed by atoms with Crippen molar-refractivity contribution in [3.05, 3.63) is 29.3 Å². The number of hydrogen-bond donors (Lipinski definition) is 2. The van der Waals surface area contributed by atoms with Crippen LogP contribution in [0.4, 0.5) is 5.69 Å². The van der Waals surface area contributed by atoms with Crippen molar-refractivity contribution in [2.75, 3.05) is 25.5 Å². The third kappa shape index (κ3) is 5.19. The predicted molar refractivity (Wildman–Crippen MR) is 83.3 cm³/mol. The van der Waals surface area contributed by atoms with Gasteiger partial charge < -0.3 is 15.3 Å². The van der Waals surface area contributed by atoms with Gasteiger partial charge >= 0.3 is 0 Å². The van der Waals surface area contributed by atoms with Crippen molar-refractivity contribution in [2.45, 2.75) is 27.2 Å². The van der Waals surface area contributed by atoms with Gasteiger partial charge in [0, 0.05) is 31.3 Å². The summed E-state index contributed by atoms with van der Waals surface area (Å²) in [6.07, 6.45) is 0.472. The monoisotopic (exact) mass is 292 g/mol. The second-order valence-corrected chi connectivity index (χ2v) is 5.63. The van der Waals surface area contributed by atoms with E-state index in [-0.39, 0.29) is 18.4 Å². The molecule has 5 nitrogen and oxygen atoms in total. The lowest BCUT2D eigenvalue weighted by molar-refractivity contribution is -0.116. The van der Waals surface area contributed by atoms with Crippen LogP contribution in [-0.4, -0.2) is 42.0 Å². The number of hydrogen-bond acceptors (Lipinski definition) is 3. The van der Waals surface area contributed by atoms with Crippen molar-refractivity contribution in [1.82, 2.24) is 4.90 Å². The van der Waals surface area contributed by atoms with E-state index in [1.54, 1.807) is 25.2 Å². The molecule has 0 aliphatic carbocycles. The Bertz CT molecular complexity index is 512. The minimum atomic E-state index is -0.146.